The van der Waals surface area contributed by atoms with Crippen molar-refractivity contribution in [2.24, 2.45) is 17.8 Å². The maximum Gasteiger partial charge on any atom is 0.317 e. The molecule has 0 bridgehead atoms. The van der Waals surface area contributed by atoms with Crippen molar-refractivity contribution in [2.75, 3.05) is 0 Å². The first kappa shape index (κ1) is 15.9. The van der Waals surface area contributed by atoms with Gasteiger partial charge in [0, 0.05) is 0 Å². The van der Waals surface area contributed by atoms with Gasteiger partial charge in [-0.25, -0.2) is 0 Å². The topological polar surface area (TPSA) is 43.4 Å². The third kappa shape index (κ3) is 5.58. The van der Waals surface area contributed by atoms with Crippen molar-refractivity contribution in [2.45, 2.75) is 59.8 Å². The Bertz CT molecular complexity index is 357. The number of carbonyl (C=O) groups is 2. The Morgan fingerprint density at radius 2 is 2.11 bits per heavy atom. The van der Waals surface area contributed by atoms with Gasteiger partial charge in [0.05, 0.1) is 12.3 Å². The second-order valence-corrected chi connectivity index (χ2v) is 6.02. The molecule has 0 aromatic heterocycles. The monoisotopic (exact) mass is 266 g/mol. The zero-order valence-electron chi connectivity index (χ0n) is 12.6. The SMILES string of the molecule is CCC[C@H](C)C[C@@H](C)/C=C(\C)C[C@H]1CC(=O)OC1=O. The van der Waals surface area contributed by atoms with Crippen molar-refractivity contribution >= 4 is 11.9 Å². The molecule has 0 aromatic rings. The highest BCUT2D eigenvalue weighted by atomic mass is 16.6. The van der Waals surface area contributed by atoms with Gasteiger partial charge in [-0.1, -0.05) is 45.3 Å². The van der Waals surface area contributed by atoms with Gasteiger partial charge in [-0.3, -0.25) is 9.59 Å². The molecule has 19 heavy (non-hydrogen) atoms. The Labute approximate surface area is 116 Å². The van der Waals surface area contributed by atoms with Gasteiger partial charge in [-0.2, -0.15) is 0 Å². The first-order valence-corrected chi connectivity index (χ1v) is 7.34. The zero-order valence-corrected chi connectivity index (χ0v) is 12.6. The summed E-state index contributed by atoms with van der Waals surface area (Å²) in [5.74, 6) is 0.262. The second-order valence-electron chi connectivity index (χ2n) is 6.02. The van der Waals surface area contributed by atoms with Crippen LogP contribution in [0.15, 0.2) is 11.6 Å². The van der Waals surface area contributed by atoms with Crippen LogP contribution in [0.3, 0.4) is 0 Å². The lowest BCUT2D eigenvalue weighted by atomic mass is 9.90. The molecule has 1 heterocycles. The number of hydrogen-bond acceptors (Lipinski definition) is 3. The molecule has 0 unspecified atom stereocenters. The number of rotatable bonds is 7. The molecule has 1 saturated heterocycles. The van der Waals surface area contributed by atoms with Crippen LogP contribution in [0.5, 0.6) is 0 Å². The lowest BCUT2D eigenvalue weighted by Gasteiger charge is -2.15. The molecule has 3 heteroatoms. The molecule has 1 rings (SSSR count). The van der Waals surface area contributed by atoms with E-state index in [1.165, 1.54) is 24.8 Å². The summed E-state index contributed by atoms with van der Waals surface area (Å²) in [5, 5.41) is 0. The second kappa shape index (κ2) is 7.46. The minimum Gasteiger partial charge on any atom is -0.393 e. The first-order valence-electron chi connectivity index (χ1n) is 7.34. The smallest absolute Gasteiger partial charge is 0.317 e. The standard InChI is InChI=1S/C16H26O3/c1-5-6-11(2)7-12(3)8-13(4)9-14-10-15(17)19-16(14)18/h8,11-12,14H,5-7,9-10H2,1-4H3/b13-8+/t11-,12+,14-/m0/s1. The van der Waals surface area contributed by atoms with Gasteiger partial charge >= 0.3 is 11.9 Å². The third-order valence-corrected chi connectivity index (χ3v) is 3.65. The van der Waals surface area contributed by atoms with E-state index in [1.807, 2.05) is 6.92 Å². The van der Waals surface area contributed by atoms with Crippen LogP contribution in [0.25, 0.3) is 0 Å². The van der Waals surface area contributed by atoms with Crippen LogP contribution in [0.1, 0.15) is 59.8 Å². The summed E-state index contributed by atoms with van der Waals surface area (Å²) in [5.41, 5.74) is 1.19. The van der Waals surface area contributed by atoms with Gasteiger partial charge in [-0.15, -0.1) is 0 Å². The molecule has 1 aliphatic rings. The lowest BCUT2D eigenvalue weighted by Crippen LogP contribution is -2.08. The predicted molar refractivity (Wildman–Crippen MR) is 75.4 cm³/mol. The zero-order chi connectivity index (χ0) is 14.4. The summed E-state index contributed by atoms with van der Waals surface area (Å²) in [6, 6.07) is 0. The summed E-state index contributed by atoms with van der Waals surface area (Å²) < 4.78 is 4.57. The quantitative estimate of drug-likeness (QED) is 0.399. The van der Waals surface area contributed by atoms with Gasteiger partial charge in [0.1, 0.15) is 0 Å². The van der Waals surface area contributed by atoms with E-state index in [0.29, 0.717) is 12.3 Å². The van der Waals surface area contributed by atoms with Gasteiger partial charge < -0.3 is 4.74 Å². The molecular weight excluding hydrogens is 240 g/mol. The molecular formula is C16H26O3. The molecule has 0 radical (unpaired) electrons. The molecule has 0 saturated carbocycles. The fraction of sp³-hybridized carbons (Fsp3) is 0.750. The highest BCUT2D eigenvalue weighted by molar-refractivity contribution is 5.94. The highest BCUT2D eigenvalue weighted by Crippen LogP contribution is 2.25. The van der Waals surface area contributed by atoms with Crippen LogP contribution >= 0.6 is 0 Å². The van der Waals surface area contributed by atoms with Gasteiger partial charge in [0.2, 0.25) is 0 Å². The van der Waals surface area contributed by atoms with Crippen molar-refractivity contribution in [3.8, 4) is 0 Å². The maximum atomic E-state index is 11.4. The molecule has 0 N–H and O–H groups in total. The number of allylic oxidation sites excluding steroid dienone is 2. The Balaban J connectivity index is 2.43. The third-order valence-electron chi connectivity index (χ3n) is 3.65. The van der Waals surface area contributed by atoms with Gasteiger partial charge in [0.15, 0.2) is 0 Å². The van der Waals surface area contributed by atoms with E-state index < -0.39 is 0 Å². The lowest BCUT2D eigenvalue weighted by molar-refractivity contribution is -0.153. The van der Waals surface area contributed by atoms with Crippen molar-refractivity contribution in [3.63, 3.8) is 0 Å². The Morgan fingerprint density at radius 3 is 2.63 bits per heavy atom. The van der Waals surface area contributed by atoms with Crippen LogP contribution in [0.2, 0.25) is 0 Å². The largest absolute Gasteiger partial charge is 0.393 e. The summed E-state index contributed by atoms with van der Waals surface area (Å²) >= 11 is 0. The Kier molecular flexibility index (Phi) is 6.26. The minimum atomic E-state index is -0.382. The van der Waals surface area contributed by atoms with Crippen molar-refractivity contribution in [3.05, 3.63) is 11.6 Å². The number of cyclic esters (lactones) is 2. The maximum absolute atomic E-state index is 11.4. The van der Waals surface area contributed by atoms with Crippen LogP contribution in [-0.4, -0.2) is 11.9 Å². The minimum absolute atomic E-state index is 0.241. The van der Waals surface area contributed by atoms with Gasteiger partial charge in [-0.05, 0) is 31.6 Å². The summed E-state index contributed by atoms with van der Waals surface area (Å²) in [7, 11) is 0. The molecule has 1 fully saturated rings. The first-order chi connectivity index (χ1) is 8.92. The molecule has 108 valence electrons. The van der Waals surface area contributed by atoms with E-state index in [1.54, 1.807) is 0 Å². The molecule has 0 spiro atoms. The number of carbonyl (C=O) groups excluding carboxylic acids is 2. The summed E-state index contributed by atoms with van der Waals surface area (Å²) in [6.45, 7) is 8.76. The summed E-state index contributed by atoms with van der Waals surface area (Å²) in [4.78, 5) is 22.4. The Hall–Kier alpha value is -1.12. The average Bonchev–Trinajstić information content (AvgIpc) is 2.56. The van der Waals surface area contributed by atoms with E-state index in [0.717, 1.165) is 5.92 Å². The van der Waals surface area contributed by atoms with E-state index in [2.05, 4.69) is 31.6 Å². The van der Waals surface area contributed by atoms with Gasteiger partial charge in [0.25, 0.3) is 0 Å². The van der Waals surface area contributed by atoms with Crippen LogP contribution in [-0.2, 0) is 14.3 Å². The molecule has 0 aliphatic carbocycles. The van der Waals surface area contributed by atoms with E-state index >= 15 is 0 Å². The molecule has 3 nitrogen and oxygen atoms in total. The van der Waals surface area contributed by atoms with Crippen molar-refractivity contribution in [1.82, 2.24) is 0 Å². The fourth-order valence-electron chi connectivity index (χ4n) is 2.93. The predicted octanol–water partition coefficient (Wildman–Crippen LogP) is 3.87. The number of esters is 2. The number of hydrogen-bond donors (Lipinski definition) is 0. The van der Waals surface area contributed by atoms with Crippen LogP contribution in [0, 0.1) is 17.8 Å². The van der Waals surface area contributed by atoms with Crippen molar-refractivity contribution in [1.29, 1.82) is 0 Å². The van der Waals surface area contributed by atoms with Crippen LogP contribution < -0.4 is 0 Å². The summed E-state index contributed by atoms with van der Waals surface area (Å²) in [6.07, 6.45) is 6.80. The number of ether oxygens (including phenoxy) is 1. The Morgan fingerprint density at radius 1 is 1.42 bits per heavy atom. The molecule has 0 amide bonds. The van der Waals surface area contributed by atoms with E-state index in [9.17, 15) is 9.59 Å². The van der Waals surface area contributed by atoms with E-state index in [4.69, 9.17) is 0 Å². The molecule has 1 aliphatic heterocycles. The van der Waals surface area contributed by atoms with Crippen LogP contribution in [0.4, 0.5) is 0 Å². The normalized spacial score (nSPS) is 23.4. The average molecular weight is 266 g/mol. The molecule has 0 aromatic carbocycles. The van der Waals surface area contributed by atoms with E-state index in [-0.39, 0.29) is 24.3 Å². The molecule has 3 atom stereocenters. The fourth-order valence-corrected chi connectivity index (χ4v) is 2.93. The highest BCUT2D eigenvalue weighted by Gasteiger charge is 2.33. The van der Waals surface area contributed by atoms with Crippen molar-refractivity contribution < 1.29 is 14.3 Å².